The molecule has 0 saturated heterocycles. The van der Waals surface area contributed by atoms with E-state index in [1.807, 2.05) is 18.3 Å². The Labute approximate surface area is 101 Å². The van der Waals surface area contributed by atoms with Crippen LogP contribution in [0.15, 0.2) is 36.7 Å². The molecule has 0 radical (unpaired) electrons. The maximum absolute atomic E-state index is 9.20. The molecule has 2 rings (SSSR count). The number of nitrogens with one attached hydrogen (secondary N) is 2. The third-order valence-electron chi connectivity index (χ3n) is 2.75. The smallest absolute Gasteiger partial charge is 0.123 e. The number of nitrogens with zero attached hydrogens (tertiary/aromatic N) is 1. The van der Waals surface area contributed by atoms with Crippen molar-refractivity contribution >= 4 is 0 Å². The lowest BCUT2D eigenvalue weighted by atomic mass is 10.1. The minimum Gasteiger partial charge on any atom is -0.508 e. The highest BCUT2D eigenvalue weighted by Gasteiger charge is 2.10. The van der Waals surface area contributed by atoms with Crippen LogP contribution in [0.1, 0.15) is 30.8 Å². The zero-order chi connectivity index (χ0) is 12.1. The highest BCUT2D eigenvalue weighted by Crippen LogP contribution is 2.14. The Morgan fingerprint density at radius 1 is 1.35 bits per heavy atom. The number of phenols is 1. The van der Waals surface area contributed by atoms with Gasteiger partial charge in [-0.25, -0.2) is 4.98 Å². The van der Waals surface area contributed by atoms with E-state index in [4.69, 9.17) is 0 Å². The second-order valence-electron chi connectivity index (χ2n) is 3.98. The van der Waals surface area contributed by atoms with Gasteiger partial charge in [0.15, 0.2) is 0 Å². The molecule has 0 spiro atoms. The van der Waals surface area contributed by atoms with Gasteiger partial charge in [0.1, 0.15) is 11.6 Å². The maximum atomic E-state index is 9.20. The molecule has 0 aliphatic heterocycles. The number of aromatic hydroxyl groups is 1. The van der Waals surface area contributed by atoms with Crippen molar-refractivity contribution in [3.8, 4) is 5.75 Å². The summed E-state index contributed by atoms with van der Waals surface area (Å²) in [4.78, 5) is 7.38. The van der Waals surface area contributed by atoms with Gasteiger partial charge in [-0.2, -0.15) is 0 Å². The Morgan fingerprint density at radius 2 is 2.12 bits per heavy atom. The summed E-state index contributed by atoms with van der Waals surface area (Å²) in [5.41, 5.74) is 1.15. The maximum Gasteiger partial charge on any atom is 0.123 e. The van der Waals surface area contributed by atoms with Crippen LogP contribution in [0.5, 0.6) is 5.75 Å². The first-order chi connectivity index (χ1) is 8.29. The summed E-state index contributed by atoms with van der Waals surface area (Å²) in [6.45, 7) is 2.89. The summed E-state index contributed by atoms with van der Waals surface area (Å²) >= 11 is 0. The van der Waals surface area contributed by atoms with Gasteiger partial charge in [0.05, 0.1) is 6.04 Å². The number of aromatic nitrogens is 2. The average molecular weight is 231 g/mol. The van der Waals surface area contributed by atoms with Crippen LogP contribution in [0.3, 0.4) is 0 Å². The molecule has 0 saturated carbocycles. The van der Waals surface area contributed by atoms with Gasteiger partial charge in [0.25, 0.3) is 0 Å². The van der Waals surface area contributed by atoms with Crippen LogP contribution < -0.4 is 5.32 Å². The minimum absolute atomic E-state index is 0.235. The Kier molecular flexibility index (Phi) is 3.77. The molecular weight excluding hydrogens is 214 g/mol. The molecule has 4 heteroatoms. The zero-order valence-corrected chi connectivity index (χ0v) is 9.85. The second-order valence-corrected chi connectivity index (χ2v) is 3.98. The van der Waals surface area contributed by atoms with Crippen LogP contribution in [0.25, 0.3) is 0 Å². The van der Waals surface area contributed by atoms with Gasteiger partial charge in [-0.1, -0.05) is 19.1 Å². The molecule has 1 atom stereocenters. The molecular formula is C13H17N3O. The van der Waals surface area contributed by atoms with Crippen molar-refractivity contribution in [2.24, 2.45) is 0 Å². The van der Waals surface area contributed by atoms with Crippen molar-refractivity contribution in [3.05, 3.63) is 48.0 Å². The number of imidazole rings is 1. The topological polar surface area (TPSA) is 60.9 Å². The molecule has 2 aromatic rings. The molecule has 0 bridgehead atoms. The quantitative estimate of drug-likeness (QED) is 0.740. The van der Waals surface area contributed by atoms with E-state index in [0.717, 1.165) is 24.4 Å². The lowest BCUT2D eigenvalue weighted by molar-refractivity contribution is 0.473. The largest absolute Gasteiger partial charge is 0.508 e. The fraction of sp³-hybridized carbons (Fsp3) is 0.308. The van der Waals surface area contributed by atoms with Crippen LogP contribution in [0, 0.1) is 0 Å². The highest BCUT2D eigenvalue weighted by atomic mass is 16.3. The molecule has 4 nitrogen and oxygen atoms in total. The fourth-order valence-electron chi connectivity index (χ4n) is 1.76. The second kappa shape index (κ2) is 5.50. The summed E-state index contributed by atoms with van der Waals surface area (Å²) in [6, 6.07) is 7.46. The first-order valence-corrected chi connectivity index (χ1v) is 5.80. The fourth-order valence-corrected chi connectivity index (χ4v) is 1.76. The van der Waals surface area contributed by atoms with Crippen molar-refractivity contribution in [1.82, 2.24) is 15.3 Å². The number of hydrogen-bond acceptors (Lipinski definition) is 3. The first kappa shape index (κ1) is 11.7. The van der Waals surface area contributed by atoms with Crippen molar-refractivity contribution < 1.29 is 5.11 Å². The highest BCUT2D eigenvalue weighted by molar-refractivity contribution is 5.25. The van der Waals surface area contributed by atoms with Crippen LogP contribution in [0.2, 0.25) is 0 Å². The first-order valence-electron chi connectivity index (χ1n) is 5.80. The number of hydrogen-bond donors (Lipinski definition) is 3. The van der Waals surface area contributed by atoms with Gasteiger partial charge in [-0.3, -0.25) is 0 Å². The zero-order valence-electron chi connectivity index (χ0n) is 9.85. The van der Waals surface area contributed by atoms with E-state index >= 15 is 0 Å². The predicted molar refractivity (Wildman–Crippen MR) is 66.6 cm³/mol. The predicted octanol–water partition coefficient (Wildman–Crippen LogP) is 2.36. The van der Waals surface area contributed by atoms with Crippen molar-refractivity contribution in [2.45, 2.75) is 25.9 Å². The van der Waals surface area contributed by atoms with Gasteiger partial charge in [0, 0.05) is 18.9 Å². The van der Waals surface area contributed by atoms with Crippen molar-refractivity contribution in [2.75, 3.05) is 0 Å². The molecule has 0 aliphatic rings. The standard InChI is InChI=1S/C13H17N3O/c1-2-12(13-14-7-8-15-13)16-9-10-3-5-11(17)6-4-10/h3-8,12,16-17H,2,9H2,1H3,(H,14,15). The number of benzene rings is 1. The summed E-state index contributed by atoms with van der Waals surface area (Å²) in [7, 11) is 0. The van der Waals surface area contributed by atoms with Crippen molar-refractivity contribution in [3.63, 3.8) is 0 Å². The van der Waals surface area contributed by atoms with Crippen LogP contribution in [-0.4, -0.2) is 15.1 Å². The van der Waals surface area contributed by atoms with Gasteiger partial charge in [0.2, 0.25) is 0 Å². The summed E-state index contributed by atoms with van der Waals surface area (Å²) in [6.07, 6.45) is 4.58. The molecule has 0 aliphatic carbocycles. The molecule has 3 N–H and O–H groups in total. The van der Waals surface area contributed by atoms with Crippen LogP contribution >= 0.6 is 0 Å². The lowest BCUT2D eigenvalue weighted by Gasteiger charge is -2.14. The van der Waals surface area contributed by atoms with E-state index in [0.29, 0.717) is 5.75 Å². The average Bonchev–Trinajstić information content (AvgIpc) is 2.86. The Morgan fingerprint density at radius 3 is 2.71 bits per heavy atom. The summed E-state index contributed by atoms with van der Waals surface area (Å²) in [5, 5.41) is 12.6. The van der Waals surface area contributed by atoms with E-state index in [2.05, 4.69) is 22.2 Å². The minimum atomic E-state index is 0.235. The molecule has 1 aromatic carbocycles. The normalized spacial score (nSPS) is 12.5. The number of phenolic OH excluding ortho intramolecular Hbond substituents is 1. The molecule has 1 heterocycles. The van der Waals surface area contributed by atoms with Gasteiger partial charge in [-0.15, -0.1) is 0 Å². The molecule has 17 heavy (non-hydrogen) atoms. The molecule has 1 unspecified atom stereocenters. The van der Waals surface area contributed by atoms with Gasteiger partial charge < -0.3 is 15.4 Å². The Bertz CT molecular complexity index is 436. The SMILES string of the molecule is CCC(NCc1ccc(O)cc1)c1ncc[nH]1. The number of H-pyrrole nitrogens is 1. The van der Waals surface area contributed by atoms with Crippen molar-refractivity contribution in [1.29, 1.82) is 0 Å². The van der Waals surface area contributed by atoms with Gasteiger partial charge in [-0.05, 0) is 24.1 Å². The number of aromatic amines is 1. The molecule has 0 amide bonds. The summed E-state index contributed by atoms with van der Waals surface area (Å²) < 4.78 is 0. The third-order valence-corrected chi connectivity index (χ3v) is 2.75. The van der Waals surface area contributed by atoms with E-state index in [1.54, 1.807) is 18.3 Å². The summed E-state index contributed by atoms with van der Waals surface area (Å²) in [5.74, 6) is 1.26. The van der Waals surface area contributed by atoms with Crippen LogP contribution in [0.4, 0.5) is 0 Å². The van der Waals surface area contributed by atoms with E-state index in [9.17, 15) is 5.11 Å². The van der Waals surface area contributed by atoms with E-state index < -0.39 is 0 Å². The van der Waals surface area contributed by atoms with Crippen LogP contribution in [-0.2, 0) is 6.54 Å². The van der Waals surface area contributed by atoms with Gasteiger partial charge >= 0.3 is 0 Å². The van der Waals surface area contributed by atoms with E-state index in [1.165, 1.54) is 0 Å². The molecule has 1 aromatic heterocycles. The third kappa shape index (κ3) is 3.07. The number of rotatable bonds is 5. The Hall–Kier alpha value is -1.81. The lowest BCUT2D eigenvalue weighted by Crippen LogP contribution is -2.21. The monoisotopic (exact) mass is 231 g/mol. The molecule has 0 fully saturated rings. The van der Waals surface area contributed by atoms with E-state index in [-0.39, 0.29) is 6.04 Å². The molecule has 90 valence electrons. The Balaban J connectivity index is 1.94.